The number of rotatable bonds is 4. The summed E-state index contributed by atoms with van der Waals surface area (Å²) in [5.74, 6) is 1.11. The molecule has 1 fully saturated rings. The second kappa shape index (κ2) is 5.82. The molecule has 2 heterocycles. The molecule has 1 aromatic heterocycles. The lowest BCUT2D eigenvalue weighted by atomic mass is 9.97. The van der Waals surface area contributed by atoms with E-state index in [9.17, 15) is 4.79 Å². The van der Waals surface area contributed by atoms with E-state index in [0.717, 1.165) is 18.7 Å². The second-order valence-electron chi connectivity index (χ2n) is 4.63. The van der Waals surface area contributed by atoms with Crippen LogP contribution in [0.3, 0.4) is 0 Å². The molecule has 1 aliphatic rings. The molecule has 0 spiro atoms. The van der Waals surface area contributed by atoms with Crippen LogP contribution in [0.2, 0.25) is 0 Å². The summed E-state index contributed by atoms with van der Waals surface area (Å²) in [6.07, 6.45) is 1.67. The molecule has 2 unspecified atom stereocenters. The van der Waals surface area contributed by atoms with Crippen LogP contribution in [0.25, 0.3) is 0 Å². The van der Waals surface area contributed by atoms with Crippen LogP contribution < -0.4 is 15.4 Å². The molecular formula is C13H19N3O2. The molecular weight excluding hydrogens is 230 g/mol. The molecule has 0 radical (unpaired) electrons. The first-order chi connectivity index (χ1) is 8.72. The molecule has 2 atom stereocenters. The molecule has 1 aromatic rings. The maximum Gasteiger partial charge on any atom is 0.224 e. The van der Waals surface area contributed by atoms with Crippen LogP contribution in [0.5, 0.6) is 5.88 Å². The zero-order valence-corrected chi connectivity index (χ0v) is 10.8. The lowest BCUT2D eigenvalue weighted by Crippen LogP contribution is -2.34. The molecule has 1 saturated heterocycles. The minimum absolute atomic E-state index is 0.0627. The van der Waals surface area contributed by atoms with Crippen LogP contribution in [-0.4, -0.2) is 31.1 Å². The number of hydrogen-bond acceptors (Lipinski definition) is 4. The van der Waals surface area contributed by atoms with Gasteiger partial charge in [-0.15, -0.1) is 0 Å². The summed E-state index contributed by atoms with van der Waals surface area (Å²) < 4.78 is 5.15. The Hall–Kier alpha value is -1.62. The van der Waals surface area contributed by atoms with Gasteiger partial charge in [0.1, 0.15) is 0 Å². The number of amides is 1. The quantitative estimate of drug-likeness (QED) is 0.818. The van der Waals surface area contributed by atoms with Crippen molar-refractivity contribution in [1.82, 2.24) is 15.6 Å². The van der Waals surface area contributed by atoms with Gasteiger partial charge in [0.15, 0.2) is 0 Å². The number of ether oxygens (including phenoxy) is 1. The summed E-state index contributed by atoms with van der Waals surface area (Å²) in [7, 11) is 1.58. The Bertz CT molecular complexity index is 422. The van der Waals surface area contributed by atoms with Crippen molar-refractivity contribution < 1.29 is 9.53 Å². The van der Waals surface area contributed by atoms with Crippen molar-refractivity contribution in [3.8, 4) is 5.88 Å². The Kier molecular flexibility index (Phi) is 4.15. The number of carbonyl (C=O) groups is 1. The van der Waals surface area contributed by atoms with Crippen molar-refractivity contribution in [1.29, 1.82) is 0 Å². The molecule has 1 amide bonds. The fourth-order valence-electron chi connectivity index (χ4n) is 2.22. The highest BCUT2D eigenvalue weighted by Crippen LogP contribution is 2.17. The first-order valence-electron chi connectivity index (χ1n) is 6.18. The van der Waals surface area contributed by atoms with Crippen molar-refractivity contribution in [3.05, 3.63) is 23.9 Å². The van der Waals surface area contributed by atoms with Gasteiger partial charge in [0.05, 0.1) is 13.0 Å². The fourth-order valence-corrected chi connectivity index (χ4v) is 2.22. The van der Waals surface area contributed by atoms with Crippen molar-refractivity contribution in [3.63, 3.8) is 0 Å². The summed E-state index contributed by atoms with van der Waals surface area (Å²) >= 11 is 0. The standard InChI is InChI=1S/C13H19N3O2/c1-9-6-14-8-11(9)12(17)16-7-10-4-3-5-15-13(10)18-2/h3-5,9,11,14H,6-8H2,1-2H3,(H,16,17). The summed E-state index contributed by atoms with van der Waals surface area (Å²) in [5, 5.41) is 6.17. The average molecular weight is 249 g/mol. The zero-order valence-electron chi connectivity index (χ0n) is 10.8. The van der Waals surface area contributed by atoms with Crippen LogP contribution in [0.15, 0.2) is 18.3 Å². The number of nitrogens with one attached hydrogen (secondary N) is 2. The molecule has 0 bridgehead atoms. The van der Waals surface area contributed by atoms with Gasteiger partial charge in [0, 0.05) is 24.8 Å². The molecule has 5 nitrogen and oxygen atoms in total. The molecule has 0 aliphatic carbocycles. The van der Waals surface area contributed by atoms with Gasteiger partial charge in [-0.2, -0.15) is 0 Å². The second-order valence-corrected chi connectivity index (χ2v) is 4.63. The Morgan fingerprint density at radius 2 is 2.44 bits per heavy atom. The van der Waals surface area contributed by atoms with E-state index in [1.54, 1.807) is 13.3 Å². The number of hydrogen-bond donors (Lipinski definition) is 2. The monoisotopic (exact) mass is 249 g/mol. The van der Waals surface area contributed by atoms with Crippen LogP contribution in [0.1, 0.15) is 12.5 Å². The summed E-state index contributed by atoms with van der Waals surface area (Å²) in [5.41, 5.74) is 0.895. The highest BCUT2D eigenvalue weighted by molar-refractivity contribution is 5.79. The van der Waals surface area contributed by atoms with Gasteiger partial charge in [-0.25, -0.2) is 4.98 Å². The molecule has 0 aromatic carbocycles. The molecule has 2 N–H and O–H groups in total. The predicted octanol–water partition coefficient (Wildman–Crippen LogP) is 0.562. The van der Waals surface area contributed by atoms with Gasteiger partial charge in [0.25, 0.3) is 0 Å². The molecule has 1 aliphatic heterocycles. The van der Waals surface area contributed by atoms with Gasteiger partial charge in [0.2, 0.25) is 11.8 Å². The lowest BCUT2D eigenvalue weighted by molar-refractivity contribution is -0.125. The highest BCUT2D eigenvalue weighted by Gasteiger charge is 2.29. The number of pyridine rings is 1. The smallest absolute Gasteiger partial charge is 0.224 e. The topological polar surface area (TPSA) is 63.2 Å². The van der Waals surface area contributed by atoms with Gasteiger partial charge in [-0.3, -0.25) is 4.79 Å². The van der Waals surface area contributed by atoms with Crippen molar-refractivity contribution in [2.45, 2.75) is 13.5 Å². The average Bonchev–Trinajstić information content (AvgIpc) is 2.82. The zero-order chi connectivity index (χ0) is 13.0. The van der Waals surface area contributed by atoms with Crippen LogP contribution in [-0.2, 0) is 11.3 Å². The Morgan fingerprint density at radius 3 is 3.11 bits per heavy atom. The Balaban J connectivity index is 1.93. The van der Waals surface area contributed by atoms with E-state index in [1.807, 2.05) is 12.1 Å². The van der Waals surface area contributed by atoms with Crippen molar-refractivity contribution >= 4 is 5.91 Å². The molecule has 2 rings (SSSR count). The normalized spacial score (nSPS) is 22.8. The third kappa shape index (κ3) is 2.79. The third-order valence-electron chi connectivity index (χ3n) is 3.35. The number of aromatic nitrogens is 1. The van der Waals surface area contributed by atoms with E-state index in [0.29, 0.717) is 18.3 Å². The van der Waals surface area contributed by atoms with Crippen LogP contribution >= 0.6 is 0 Å². The predicted molar refractivity (Wildman–Crippen MR) is 68.2 cm³/mol. The summed E-state index contributed by atoms with van der Waals surface area (Å²) in [6.45, 7) is 4.22. The molecule has 5 heteroatoms. The number of nitrogens with zero attached hydrogens (tertiary/aromatic N) is 1. The fraction of sp³-hybridized carbons (Fsp3) is 0.538. The lowest BCUT2D eigenvalue weighted by Gasteiger charge is -2.14. The summed E-state index contributed by atoms with van der Waals surface area (Å²) in [6, 6.07) is 3.74. The SMILES string of the molecule is COc1ncccc1CNC(=O)C1CNCC1C. The molecule has 98 valence electrons. The van der Waals surface area contributed by atoms with Crippen LogP contribution in [0.4, 0.5) is 0 Å². The minimum atomic E-state index is 0.0627. The van der Waals surface area contributed by atoms with E-state index in [1.165, 1.54) is 0 Å². The maximum atomic E-state index is 12.0. The molecule has 18 heavy (non-hydrogen) atoms. The van der Waals surface area contributed by atoms with E-state index < -0.39 is 0 Å². The Morgan fingerprint density at radius 1 is 1.61 bits per heavy atom. The van der Waals surface area contributed by atoms with Gasteiger partial charge in [-0.05, 0) is 18.5 Å². The van der Waals surface area contributed by atoms with Gasteiger partial charge < -0.3 is 15.4 Å². The van der Waals surface area contributed by atoms with Crippen molar-refractivity contribution in [2.24, 2.45) is 11.8 Å². The van der Waals surface area contributed by atoms with E-state index in [2.05, 4.69) is 22.5 Å². The summed E-state index contributed by atoms with van der Waals surface area (Å²) in [4.78, 5) is 16.1. The van der Waals surface area contributed by atoms with Crippen LogP contribution in [0, 0.1) is 11.8 Å². The van der Waals surface area contributed by atoms with Crippen molar-refractivity contribution in [2.75, 3.05) is 20.2 Å². The van der Waals surface area contributed by atoms with E-state index in [4.69, 9.17) is 4.74 Å². The Labute approximate surface area is 107 Å². The first kappa shape index (κ1) is 12.8. The van der Waals surface area contributed by atoms with Gasteiger partial charge >= 0.3 is 0 Å². The highest BCUT2D eigenvalue weighted by atomic mass is 16.5. The first-order valence-corrected chi connectivity index (χ1v) is 6.18. The number of carbonyl (C=O) groups excluding carboxylic acids is 1. The third-order valence-corrected chi connectivity index (χ3v) is 3.35. The number of methoxy groups -OCH3 is 1. The largest absolute Gasteiger partial charge is 0.481 e. The van der Waals surface area contributed by atoms with Gasteiger partial charge in [-0.1, -0.05) is 13.0 Å². The van der Waals surface area contributed by atoms with E-state index in [-0.39, 0.29) is 11.8 Å². The maximum absolute atomic E-state index is 12.0. The minimum Gasteiger partial charge on any atom is -0.481 e. The molecule has 0 saturated carbocycles. The van der Waals surface area contributed by atoms with E-state index >= 15 is 0 Å².